The van der Waals surface area contributed by atoms with Crippen molar-refractivity contribution in [1.29, 1.82) is 0 Å². The molecule has 25 heavy (non-hydrogen) atoms. The molecule has 0 spiro atoms. The molecule has 3 aromatic rings. The van der Waals surface area contributed by atoms with Crippen LogP contribution in [-0.4, -0.2) is 17.3 Å². The Morgan fingerprint density at radius 3 is 1.68 bits per heavy atom. The van der Waals surface area contributed by atoms with Crippen LogP contribution in [0.3, 0.4) is 0 Å². The number of benzene rings is 3. The van der Waals surface area contributed by atoms with Gasteiger partial charge in [-0.15, -0.1) is 0 Å². The van der Waals surface area contributed by atoms with Crippen LogP contribution in [0.1, 0.15) is 26.3 Å². The highest BCUT2D eigenvalue weighted by molar-refractivity contribution is 6.72. The summed E-state index contributed by atoms with van der Waals surface area (Å²) in [5.41, 5.74) is 2.43. The molecule has 3 aromatic carbocycles. The van der Waals surface area contributed by atoms with Gasteiger partial charge in [-0.05, 0) is 19.1 Å². The van der Waals surface area contributed by atoms with E-state index in [0.717, 1.165) is 5.56 Å². The van der Waals surface area contributed by atoms with Crippen molar-refractivity contribution < 1.29 is 9.59 Å². The van der Waals surface area contributed by atoms with Gasteiger partial charge in [0.1, 0.15) is 0 Å². The molecule has 0 saturated heterocycles. The monoisotopic (exact) mass is 327 g/mol. The standard InChI is InChI=1S/C22H17NO2/c1-16-12-14-18(15-13-16)22(25)20(23-19-10-6-3-7-11-19)21(24)17-8-4-2-5-9-17/h2-15H,1H3. The van der Waals surface area contributed by atoms with Gasteiger partial charge >= 0.3 is 0 Å². The molecule has 0 saturated carbocycles. The summed E-state index contributed by atoms with van der Waals surface area (Å²) in [6, 6.07) is 24.9. The minimum atomic E-state index is -0.380. The minimum Gasteiger partial charge on any atom is -0.287 e. The van der Waals surface area contributed by atoms with Gasteiger partial charge in [0.2, 0.25) is 11.6 Å². The van der Waals surface area contributed by atoms with Crippen molar-refractivity contribution in [2.24, 2.45) is 4.99 Å². The number of Topliss-reactive ketones (excluding diaryl/α,β-unsaturated/α-hetero) is 2. The molecule has 0 radical (unpaired) electrons. The van der Waals surface area contributed by atoms with E-state index >= 15 is 0 Å². The number of aryl methyl sites for hydroxylation is 1. The zero-order chi connectivity index (χ0) is 17.6. The zero-order valence-corrected chi connectivity index (χ0v) is 13.8. The lowest BCUT2D eigenvalue weighted by Gasteiger charge is -2.06. The summed E-state index contributed by atoms with van der Waals surface area (Å²) >= 11 is 0. The maximum absolute atomic E-state index is 12.9. The first kappa shape index (κ1) is 16.5. The summed E-state index contributed by atoms with van der Waals surface area (Å²) in [6.45, 7) is 1.95. The zero-order valence-electron chi connectivity index (χ0n) is 13.8. The fraction of sp³-hybridized carbons (Fsp3) is 0.0455. The molecule has 3 rings (SSSR count). The van der Waals surface area contributed by atoms with Crippen molar-refractivity contribution >= 4 is 23.0 Å². The quantitative estimate of drug-likeness (QED) is 0.383. The Morgan fingerprint density at radius 1 is 0.640 bits per heavy atom. The van der Waals surface area contributed by atoms with Crippen molar-refractivity contribution in [2.75, 3.05) is 0 Å². The second-order valence-electron chi connectivity index (χ2n) is 5.69. The topological polar surface area (TPSA) is 46.5 Å². The fourth-order valence-corrected chi connectivity index (χ4v) is 2.40. The number of carbonyl (C=O) groups is 2. The van der Waals surface area contributed by atoms with E-state index in [1.54, 1.807) is 48.5 Å². The van der Waals surface area contributed by atoms with Crippen LogP contribution in [0.25, 0.3) is 0 Å². The number of ketones is 2. The van der Waals surface area contributed by atoms with Crippen LogP contribution in [0.5, 0.6) is 0 Å². The molecular weight excluding hydrogens is 310 g/mol. The van der Waals surface area contributed by atoms with E-state index in [2.05, 4.69) is 4.99 Å². The van der Waals surface area contributed by atoms with Crippen LogP contribution in [0.4, 0.5) is 5.69 Å². The van der Waals surface area contributed by atoms with E-state index in [4.69, 9.17) is 0 Å². The van der Waals surface area contributed by atoms with Gasteiger partial charge < -0.3 is 0 Å². The molecule has 0 aliphatic carbocycles. The average Bonchev–Trinajstić information content (AvgIpc) is 2.67. The van der Waals surface area contributed by atoms with E-state index < -0.39 is 0 Å². The van der Waals surface area contributed by atoms with Crippen LogP contribution in [0, 0.1) is 6.92 Å². The molecule has 0 heterocycles. The molecule has 0 aliphatic heterocycles. The molecule has 3 nitrogen and oxygen atoms in total. The number of para-hydroxylation sites is 1. The molecule has 0 fully saturated rings. The number of hydrogen-bond acceptors (Lipinski definition) is 3. The second kappa shape index (κ2) is 7.49. The SMILES string of the molecule is Cc1ccc(C(=O)C(=Nc2ccccc2)C(=O)c2ccccc2)cc1. The van der Waals surface area contributed by atoms with Crippen molar-refractivity contribution in [1.82, 2.24) is 0 Å². The Morgan fingerprint density at radius 2 is 1.12 bits per heavy atom. The van der Waals surface area contributed by atoms with E-state index in [-0.39, 0.29) is 17.3 Å². The Labute approximate surface area is 146 Å². The highest BCUT2D eigenvalue weighted by atomic mass is 16.2. The predicted molar refractivity (Wildman–Crippen MR) is 99.8 cm³/mol. The van der Waals surface area contributed by atoms with Crippen molar-refractivity contribution in [2.45, 2.75) is 6.92 Å². The van der Waals surface area contributed by atoms with Gasteiger partial charge in [-0.25, -0.2) is 4.99 Å². The first-order valence-electron chi connectivity index (χ1n) is 8.00. The minimum absolute atomic E-state index is 0.0822. The van der Waals surface area contributed by atoms with E-state index in [9.17, 15) is 9.59 Å². The lowest BCUT2D eigenvalue weighted by molar-refractivity contribution is 0.102. The van der Waals surface area contributed by atoms with Crippen molar-refractivity contribution in [3.63, 3.8) is 0 Å². The highest BCUT2D eigenvalue weighted by Crippen LogP contribution is 2.15. The lowest BCUT2D eigenvalue weighted by Crippen LogP contribution is -2.24. The number of nitrogens with zero attached hydrogens (tertiary/aromatic N) is 1. The first-order chi connectivity index (χ1) is 12.1. The normalized spacial score (nSPS) is 11.2. The van der Waals surface area contributed by atoms with Crippen LogP contribution in [0.2, 0.25) is 0 Å². The molecule has 0 N–H and O–H groups in total. The van der Waals surface area contributed by atoms with E-state index in [0.29, 0.717) is 16.8 Å². The lowest BCUT2D eigenvalue weighted by atomic mass is 9.98. The maximum Gasteiger partial charge on any atom is 0.215 e. The summed E-state index contributed by atoms with van der Waals surface area (Å²) < 4.78 is 0. The van der Waals surface area contributed by atoms with Gasteiger partial charge in [-0.2, -0.15) is 0 Å². The van der Waals surface area contributed by atoms with E-state index in [1.165, 1.54) is 0 Å². The largest absolute Gasteiger partial charge is 0.287 e. The van der Waals surface area contributed by atoms with Crippen LogP contribution in [0.15, 0.2) is 89.9 Å². The molecule has 0 atom stereocenters. The molecule has 3 heteroatoms. The first-order valence-corrected chi connectivity index (χ1v) is 8.00. The Hall–Kier alpha value is -3.33. The second-order valence-corrected chi connectivity index (χ2v) is 5.69. The third kappa shape index (κ3) is 3.96. The summed E-state index contributed by atoms with van der Waals surface area (Å²) in [5, 5.41) is 0. The van der Waals surface area contributed by atoms with Gasteiger partial charge in [0.15, 0.2) is 5.71 Å². The Bertz CT molecular complexity index is 911. The van der Waals surface area contributed by atoms with Gasteiger partial charge in [0.05, 0.1) is 5.69 Å². The number of aliphatic imine (C=N–C) groups is 1. The van der Waals surface area contributed by atoms with Crippen LogP contribution >= 0.6 is 0 Å². The van der Waals surface area contributed by atoms with Gasteiger partial charge in [-0.1, -0.05) is 78.4 Å². The van der Waals surface area contributed by atoms with Crippen LogP contribution in [-0.2, 0) is 0 Å². The van der Waals surface area contributed by atoms with Gasteiger partial charge in [0.25, 0.3) is 0 Å². The Balaban J connectivity index is 2.06. The molecule has 0 amide bonds. The average molecular weight is 327 g/mol. The summed E-state index contributed by atoms with van der Waals surface area (Å²) in [4.78, 5) is 30.2. The van der Waals surface area contributed by atoms with Gasteiger partial charge in [-0.3, -0.25) is 9.59 Å². The summed E-state index contributed by atoms with van der Waals surface area (Å²) in [6.07, 6.45) is 0. The molecular formula is C22H17NO2. The van der Waals surface area contributed by atoms with Crippen molar-refractivity contribution in [3.8, 4) is 0 Å². The highest BCUT2D eigenvalue weighted by Gasteiger charge is 2.23. The summed E-state index contributed by atoms with van der Waals surface area (Å²) in [5.74, 6) is -0.757. The Kier molecular flexibility index (Phi) is 4.95. The molecule has 0 aromatic heterocycles. The third-order valence-electron chi connectivity index (χ3n) is 3.78. The number of hydrogen-bond donors (Lipinski definition) is 0. The maximum atomic E-state index is 12.9. The van der Waals surface area contributed by atoms with Crippen molar-refractivity contribution in [3.05, 3.63) is 102 Å². The molecule has 122 valence electrons. The summed E-state index contributed by atoms with van der Waals surface area (Å²) in [7, 11) is 0. The van der Waals surface area contributed by atoms with Crippen LogP contribution < -0.4 is 0 Å². The smallest absolute Gasteiger partial charge is 0.215 e. The number of rotatable bonds is 5. The number of carbonyl (C=O) groups excluding carboxylic acids is 2. The fourth-order valence-electron chi connectivity index (χ4n) is 2.40. The molecule has 0 aliphatic rings. The third-order valence-corrected chi connectivity index (χ3v) is 3.78. The molecule has 0 bridgehead atoms. The van der Waals surface area contributed by atoms with E-state index in [1.807, 2.05) is 43.3 Å². The predicted octanol–water partition coefficient (Wildman–Crippen LogP) is 4.83. The molecule has 0 unspecified atom stereocenters. The van der Waals surface area contributed by atoms with Gasteiger partial charge in [0, 0.05) is 11.1 Å².